The zero-order valence-corrected chi connectivity index (χ0v) is 21.0. The molecule has 33 heavy (non-hydrogen) atoms. The van der Waals surface area contributed by atoms with Crippen molar-refractivity contribution in [3.05, 3.63) is 56.9 Å². The number of nitrogens with zero attached hydrogens (tertiary/aromatic N) is 1. The Morgan fingerprint density at radius 1 is 1.12 bits per heavy atom. The first-order chi connectivity index (χ1) is 15.8. The Morgan fingerprint density at radius 3 is 2.48 bits per heavy atom. The maximum absolute atomic E-state index is 12.5. The van der Waals surface area contributed by atoms with E-state index in [-0.39, 0.29) is 23.7 Å². The van der Waals surface area contributed by atoms with Crippen LogP contribution in [0.25, 0.3) is 6.08 Å². The number of rotatable bonds is 9. The average Bonchev–Trinajstić information content (AvgIpc) is 3.04. The molecule has 1 aliphatic rings. The van der Waals surface area contributed by atoms with Crippen molar-refractivity contribution in [2.24, 2.45) is 0 Å². The molecule has 1 aliphatic heterocycles. The molecular weight excluding hydrogens is 508 g/mol. The summed E-state index contributed by atoms with van der Waals surface area (Å²) in [4.78, 5) is 38.6. The van der Waals surface area contributed by atoms with Crippen LogP contribution in [-0.2, 0) is 9.59 Å². The zero-order valence-electron chi connectivity index (χ0n) is 18.6. The van der Waals surface area contributed by atoms with Crippen LogP contribution in [0.4, 0.5) is 10.5 Å². The van der Waals surface area contributed by atoms with Gasteiger partial charge in [0.2, 0.25) is 0 Å². The maximum Gasteiger partial charge on any atom is 0.293 e. The fraction of sp³-hybridized carbons (Fsp3) is 0.292. The van der Waals surface area contributed by atoms with Gasteiger partial charge in [-0.1, -0.05) is 40.5 Å². The summed E-state index contributed by atoms with van der Waals surface area (Å²) in [7, 11) is 0. The van der Waals surface area contributed by atoms with Gasteiger partial charge in [-0.3, -0.25) is 19.3 Å². The molecule has 1 N–H and O–H groups in total. The van der Waals surface area contributed by atoms with E-state index in [1.165, 1.54) is 4.90 Å². The van der Waals surface area contributed by atoms with E-state index in [9.17, 15) is 14.4 Å². The summed E-state index contributed by atoms with van der Waals surface area (Å²) in [5.41, 5.74) is 2.45. The molecule has 1 fully saturated rings. The predicted octanol–water partition coefficient (Wildman–Crippen LogP) is 5.62. The number of anilines is 1. The first-order valence-corrected chi connectivity index (χ1v) is 12.1. The molecule has 1 heterocycles. The summed E-state index contributed by atoms with van der Waals surface area (Å²) in [6.45, 7) is 6.31. The van der Waals surface area contributed by atoms with Gasteiger partial charge in [0, 0.05) is 16.7 Å². The third-order valence-corrected chi connectivity index (χ3v) is 6.26. The average molecular weight is 533 g/mol. The molecule has 0 saturated carbocycles. The number of benzene rings is 2. The Labute approximate surface area is 205 Å². The van der Waals surface area contributed by atoms with Crippen LogP contribution >= 0.6 is 27.7 Å². The van der Waals surface area contributed by atoms with Crippen LogP contribution in [-0.4, -0.2) is 41.7 Å². The van der Waals surface area contributed by atoms with Crippen LogP contribution in [0.3, 0.4) is 0 Å². The van der Waals surface area contributed by atoms with Crippen LogP contribution < -0.4 is 14.8 Å². The number of nitrogens with one attached hydrogen (secondary N) is 1. The number of carbonyl (C=O) groups excluding carboxylic acids is 3. The van der Waals surface area contributed by atoms with E-state index < -0.39 is 0 Å². The normalized spacial score (nSPS) is 14.7. The molecule has 0 aliphatic carbocycles. The van der Waals surface area contributed by atoms with Crippen molar-refractivity contribution in [2.75, 3.05) is 25.1 Å². The third-order valence-electron chi connectivity index (χ3n) is 4.66. The van der Waals surface area contributed by atoms with Gasteiger partial charge in [0.05, 0.1) is 11.5 Å². The van der Waals surface area contributed by atoms with Gasteiger partial charge in [-0.05, 0) is 67.9 Å². The minimum Gasteiger partial charge on any atom is -0.490 e. The monoisotopic (exact) mass is 532 g/mol. The van der Waals surface area contributed by atoms with Crippen LogP contribution in [0, 0.1) is 6.92 Å². The number of aryl methyl sites for hydroxylation is 1. The molecule has 3 rings (SSSR count). The molecular formula is C24H25BrN2O5S. The molecule has 9 heteroatoms. The minimum absolute atomic E-state index is 0.199. The number of ether oxygens (including phenoxy) is 2. The SMILES string of the molecule is CCCN1C(=O)S/C(=C/c2cc(OCC)c(OCC(=O)Nc3ccc(C)cc3)cc2Br)C1=O. The van der Waals surface area contributed by atoms with Crippen molar-refractivity contribution >= 4 is 56.5 Å². The van der Waals surface area contributed by atoms with Crippen molar-refractivity contribution in [3.63, 3.8) is 0 Å². The molecule has 0 atom stereocenters. The van der Waals surface area contributed by atoms with Crippen molar-refractivity contribution in [1.29, 1.82) is 0 Å². The lowest BCUT2D eigenvalue weighted by molar-refractivity contribution is -0.122. The summed E-state index contributed by atoms with van der Waals surface area (Å²) >= 11 is 4.41. The van der Waals surface area contributed by atoms with E-state index in [0.29, 0.717) is 51.7 Å². The lowest BCUT2D eigenvalue weighted by atomic mass is 10.1. The molecule has 0 aromatic heterocycles. The number of amides is 3. The van der Waals surface area contributed by atoms with Gasteiger partial charge >= 0.3 is 0 Å². The van der Waals surface area contributed by atoms with Gasteiger partial charge in [-0.2, -0.15) is 0 Å². The Kier molecular flexibility index (Phi) is 8.57. The van der Waals surface area contributed by atoms with Crippen LogP contribution in [0.1, 0.15) is 31.4 Å². The molecule has 0 spiro atoms. The molecule has 0 unspecified atom stereocenters. The highest BCUT2D eigenvalue weighted by atomic mass is 79.9. The topological polar surface area (TPSA) is 84.9 Å². The van der Waals surface area contributed by atoms with Gasteiger partial charge in [-0.25, -0.2) is 0 Å². The Bertz CT molecular complexity index is 1090. The highest BCUT2D eigenvalue weighted by Gasteiger charge is 2.34. The lowest BCUT2D eigenvalue weighted by Gasteiger charge is -2.14. The summed E-state index contributed by atoms with van der Waals surface area (Å²) in [5.74, 6) is 0.220. The van der Waals surface area contributed by atoms with Crippen molar-refractivity contribution < 1.29 is 23.9 Å². The van der Waals surface area contributed by atoms with E-state index in [1.54, 1.807) is 18.2 Å². The second-order valence-corrected chi connectivity index (χ2v) is 9.14. The highest BCUT2D eigenvalue weighted by Crippen LogP contribution is 2.38. The summed E-state index contributed by atoms with van der Waals surface area (Å²) in [6, 6.07) is 10.9. The maximum atomic E-state index is 12.5. The molecule has 174 valence electrons. The van der Waals surface area contributed by atoms with E-state index >= 15 is 0 Å². The minimum atomic E-state index is -0.301. The molecule has 0 radical (unpaired) electrons. The smallest absolute Gasteiger partial charge is 0.293 e. The van der Waals surface area contributed by atoms with Gasteiger partial charge < -0.3 is 14.8 Å². The van der Waals surface area contributed by atoms with Gasteiger partial charge in [0.25, 0.3) is 17.1 Å². The Morgan fingerprint density at radius 2 is 1.82 bits per heavy atom. The largest absolute Gasteiger partial charge is 0.490 e. The first-order valence-electron chi connectivity index (χ1n) is 10.5. The predicted molar refractivity (Wildman–Crippen MR) is 134 cm³/mol. The lowest BCUT2D eigenvalue weighted by Crippen LogP contribution is -2.28. The van der Waals surface area contributed by atoms with Crippen molar-refractivity contribution in [1.82, 2.24) is 4.90 Å². The Balaban J connectivity index is 1.75. The second-order valence-electron chi connectivity index (χ2n) is 7.29. The van der Waals surface area contributed by atoms with Gasteiger partial charge in [0.1, 0.15) is 0 Å². The second kappa shape index (κ2) is 11.4. The molecule has 2 aromatic carbocycles. The summed E-state index contributed by atoms with van der Waals surface area (Å²) < 4.78 is 12.1. The number of imide groups is 1. The highest BCUT2D eigenvalue weighted by molar-refractivity contribution is 9.10. The van der Waals surface area contributed by atoms with E-state index in [0.717, 1.165) is 17.3 Å². The molecule has 1 saturated heterocycles. The van der Waals surface area contributed by atoms with E-state index in [1.807, 2.05) is 45.0 Å². The standard InChI is InChI=1S/C24H25BrN2O5S/c1-4-10-27-23(29)21(33-24(27)30)12-16-11-19(31-5-2)20(13-18(16)25)32-14-22(28)26-17-8-6-15(3)7-9-17/h6-9,11-13H,4-5,10,14H2,1-3H3,(H,26,28)/b21-12+. The van der Waals surface area contributed by atoms with Crippen LogP contribution in [0.15, 0.2) is 45.8 Å². The third kappa shape index (κ3) is 6.39. The molecule has 0 bridgehead atoms. The zero-order chi connectivity index (χ0) is 24.0. The fourth-order valence-electron chi connectivity index (χ4n) is 3.08. The summed E-state index contributed by atoms with van der Waals surface area (Å²) in [6.07, 6.45) is 2.36. The number of carbonyl (C=O) groups is 3. The molecule has 7 nitrogen and oxygen atoms in total. The van der Waals surface area contributed by atoms with Crippen LogP contribution in [0.2, 0.25) is 0 Å². The first kappa shape index (κ1) is 24.9. The molecule has 3 amide bonds. The van der Waals surface area contributed by atoms with Gasteiger partial charge in [0.15, 0.2) is 18.1 Å². The number of hydrogen-bond acceptors (Lipinski definition) is 6. The number of hydrogen-bond donors (Lipinski definition) is 1. The Hall–Kier alpha value is -2.78. The summed E-state index contributed by atoms with van der Waals surface area (Å²) in [5, 5.41) is 2.52. The van der Waals surface area contributed by atoms with E-state index in [2.05, 4.69) is 21.2 Å². The number of halogens is 1. The fourth-order valence-corrected chi connectivity index (χ4v) is 4.37. The van der Waals surface area contributed by atoms with Gasteiger partial charge in [-0.15, -0.1) is 0 Å². The number of thioether (sulfide) groups is 1. The van der Waals surface area contributed by atoms with Crippen LogP contribution in [0.5, 0.6) is 11.5 Å². The van der Waals surface area contributed by atoms with Crippen molar-refractivity contribution in [2.45, 2.75) is 27.2 Å². The molecule has 2 aromatic rings. The van der Waals surface area contributed by atoms with E-state index in [4.69, 9.17) is 9.47 Å². The van der Waals surface area contributed by atoms with Crippen molar-refractivity contribution in [3.8, 4) is 11.5 Å². The quantitative estimate of drug-likeness (QED) is 0.422.